The molecule has 0 N–H and O–H groups in total. The monoisotopic (exact) mass is 302 g/mol. The van der Waals surface area contributed by atoms with Crippen LogP contribution < -0.4 is 0 Å². The van der Waals surface area contributed by atoms with E-state index in [1.807, 2.05) is 0 Å². The summed E-state index contributed by atoms with van der Waals surface area (Å²) in [5, 5.41) is 0. The van der Waals surface area contributed by atoms with Gasteiger partial charge in [0.05, 0.1) is 0 Å². The van der Waals surface area contributed by atoms with E-state index >= 15 is 0 Å². The molecule has 0 spiro atoms. The fourth-order valence-corrected chi connectivity index (χ4v) is 1.40. The van der Waals surface area contributed by atoms with Gasteiger partial charge in [-0.15, -0.1) is 0 Å². The molecule has 0 aromatic carbocycles. The van der Waals surface area contributed by atoms with Gasteiger partial charge in [0, 0.05) is 0 Å². The highest BCUT2D eigenvalue weighted by molar-refractivity contribution is 9.10. The third-order valence-corrected chi connectivity index (χ3v) is 2.86. The summed E-state index contributed by atoms with van der Waals surface area (Å²) in [5.41, 5.74) is 0. The predicted molar refractivity (Wildman–Crippen MR) is 41.5 cm³/mol. The third-order valence-electron chi connectivity index (χ3n) is 1.73. The fraction of sp³-hybridized carbons (Fsp3) is 0.667. The normalized spacial score (nSPS) is 38.3. The van der Waals surface area contributed by atoms with Gasteiger partial charge in [0.15, 0.2) is 3.78 Å². The van der Waals surface area contributed by atoms with E-state index in [4.69, 9.17) is 11.6 Å². The highest BCUT2D eigenvalue weighted by atomic mass is 79.9. The molecular weight excluding hydrogens is 301 g/mol. The molecule has 1 aliphatic rings. The minimum atomic E-state index is -5.53. The Morgan fingerprint density at radius 3 is 1.64 bits per heavy atom. The van der Waals surface area contributed by atoms with Crippen molar-refractivity contribution in [2.75, 3.05) is 0 Å². The lowest BCUT2D eigenvalue weighted by Crippen LogP contribution is -2.62. The van der Waals surface area contributed by atoms with Gasteiger partial charge in [-0.2, -0.15) is 26.3 Å². The lowest BCUT2D eigenvalue weighted by Gasteiger charge is -2.40. The first-order valence-corrected chi connectivity index (χ1v) is 4.34. The van der Waals surface area contributed by atoms with Crippen LogP contribution in [0.5, 0.6) is 0 Å². The van der Waals surface area contributed by atoms with Crippen molar-refractivity contribution in [3.05, 3.63) is 12.2 Å². The Morgan fingerprint density at radius 2 is 1.29 bits per heavy atom. The molecule has 1 unspecified atom stereocenters. The quantitative estimate of drug-likeness (QED) is 0.363. The highest BCUT2D eigenvalue weighted by Crippen LogP contribution is 2.58. The summed E-state index contributed by atoms with van der Waals surface area (Å²) in [5.74, 6) is -15.5. The Hall–Kier alpha value is 0.0900. The molecule has 0 amide bonds. The maximum Gasteiger partial charge on any atom is 0.378 e. The molecule has 0 aliphatic heterocycles. The average molecular weight is 303 g/mol. The van der Waals surface area contributed by atoms with Crippen molar-refractivity contribution in [3.8, 4) is 0 Å². The Balaban J connectivity index is 3.36. The second kappa shape index (κ2) is 2.81. The number of halogens is 8. The van der Waals surface area contributed by atoms with Crippen LogP contribution in [-0.4, -0.2) is 21.6 Å². The lowest BCUT2D eigenvalue weighted by molar-refractivity contribution is -0.297. The van der Waals surface area contributed by atoms with Crippen LogP contribution in [0.2, 0.25) is 0 Å². The first-order chi connectivity index (χ1) is 5.96. The van der Waals surface area contributed by atoms with Crippen molar-refractivity contribution < 1.29 is 26.3 Å². The van der Waals surface area contributed by atoms with E-state index in [-0.39, 0.29) is 12.2 Å². The van der Waals surface area contributed by atoms with Crippen LogP contribution in [0.15, 0.2) is 12.2 Å². The zero-order valence-corrected chi connectivity index (χ0v) is 8.52. The molecule has 0 saturated carbocycles. The van der Waals surface area contributed by atoms with Gasteiger partial charge in [-0.05, 0) is 12.2 Å². The van der Waals surface area contributed by atoms with Crippen molar-refractivity contribution in [1.29, 1.82) is 0 Å². The molecule has 0 radical (unpaired) electrons. The fourth-order valence-electron chi connectivity index (χ4n) is 0.837. The van der Waals surface area contributed by atoms with Crippen molar-refractivity contribution >= 4 is 27.5 Å². The summed E-state index contributed by atoms with van der Waals surface area (Å²) in [6.07, 6.45) is -0.238. The standard InChI is InChI=1S/C6H2BrClF6/c7-3(8)1-2-4(9,10)6(13,14)5(3,11)12/h1-2H. The van der Waals surface area contributed by atoms with Gasteiger partial charge in [0.1, 0.15) is 0 Å². The van der Waals surface area contributed by atoms with Gasteiger partial charge in [-0.3, -0.25) is 0 Å². The average Bonchev–Trinajstić information content (AvgIpc) is 1.98. The van der Waals surface area contributed by atoms with Crippen molar-refractivity contribution in [2.45, 2.75) is 21.6 Å². The van der Waals surface area contributed by atoms with E-state index in [1.54, 1.807) is 0 Å². The van der Waals surface area contributed by atoms with Crippen LogP contribution in [0.25, 0.3) is 0 Å². The number of hydrogen-bond acceptors (Lipinski definition) is 0. The molecule has 0 nitrogen and oxygen atoms in total. The van der Waals surface area contributed by atoms with Crippen molar-refractivity contribution in [1.82, 2.24) is 0 Å². The van der Waals surface area contributed by atoms with Crippen LogP contribution in [-0.2, 0) is 0 Å². The minimum Gasteiger partial charge on any atom is -0.196 e. The van der Waals surface area contributed by atoms with Gasteiger partial charge >= 0.3 is 17.8 Å². The van der Waals surface area contributed by atoms with Gasteiger partial charge in [0.25, 0.3) is 0 Å². The van der Waals surface area contributed by atoms with Crippen LogP contribution in [0.3, 0.4) is 0 Å². The summed E-state index contributed by atoms with van der Waals surface area (Å²) < 4.78 is 72.6. The van der Waals surface area contributed by atoms with Crippen molar-refractivity contribution in [2.24, 2.45) is 0 Å². The Labute approximate surface area is 88.0 Å². The molecule has 0 heterocycles. The molecule has 0 aromatic heterocycles. The zero-order valence-electron chi connectivity index (χ0n) is 6.18. The molecule has 1 aliphatic carbocycles. The lowest BCUT2D eigenvalue weighted by atomic mass is 9.95. The molecule has 1 rings (SSSR count). The van der Waals surface area contributed by atoms with E-state index in [0.29, 0.717) is 0 Å². The van der Waals surface area contributed by atoms with E-state index < -0.39 is 21.6 Å². The molecule has 0 fully saturated rings. The van der Waals surface area contributed by atoms with E-state index in [0.717, 1.165) is 0 Å². The molecule has 0 bridgehead atoms. The van der Waals surface area contributed by atoms with Crippen LogP contribution in [0.4, 0.5) is 26.3 Å². The third kappa shape index (κ3) is 1.28. The topological polar surface area (TPSA) is 0 Å². The summed E-state index contributed by atoms with van der Waals surface area (Å²) in [4.78, 5) is 0. The first kappa shape index (κ1) is 12.2. The van der Waals surface area contributed by atoms with Gasteiger partial charge in [0.2, 0.25) is 0 Å². The maximum absolute atomic E-state index is 12.8. The SMILES string of the molecule is FC1(F)C=CC(Cl)(Br)C(F)(F)C1(F)F. The maximum atomic E-state index is 12.8. The summed E-state index contributed by atoms with van der Waals surface area (Å²) in [6.45, 7) is 0. The smallest absolute Gasteiger partial charge is 0.196 e. The molecule has 8 heteroatoms. The largest absolute Gasteiger partial charge is 0.378 e. The molecule has 0 aromatic rings. The second-order valence-electron chi connectivity index (χ2n) is 2.73. The van der Waals surface area contributed by atoms with Crippen molar-refractivity contribution in [3.63, 3.8) is 0 Å². The number of hydrogen-bond donors (Lipinski definition) is 0. The van der Waals surface area contributed by atoms with E-state index in [2.05, 4.69) is 15.9 Å². The van der Waals surface area contributed by atoms with Crippen LogP contribution in [0, 0.1) is 0 Å². The van der Waals surface area contributed by atoms with Crippen LogP contribution >= 0.6 is 27.5 Å². The summed E-state index contributed by atoms with van der Waals surface area (Å²) >= 11 is 7.00. The summed E-state index contributed by atoms with van der Waals surface area (Å²) in [7, 11) is 0. The highest BCUT2D eigenvalue weighted by Gasteiger charge is 2.78. The van der Waals surface area contributed by atoms with Gasteiger partial charge < -0.3 is 0 Å². The number of rotatable bonds is 0. The van der Waals surface area contributed by atoms with Crippen LogP contribution in [0.1, 0.15) is 0 Å². The van der Waals surface area contributed by atoms with E-state index in [9.17, 15) is 26.3 Å². The van der Waals surface area contributed by atoms with Gasteiger partial charge in [-0.25, -0.2) is 0 Å². The predicted octanol–water partition coefficient (Wildman–Crippen LogP) is 3.79. The van der Waals surface area contributed by atoms with Gasteiger partial charge in [-0.1, -0.05) is 27.5 Å². The molecule has 82 valence electrons. The first-order valence-electron chi connectivity index (χ1n) is 3.17. The second-order valence-corrected chi connectivity index (χ2v) is 5.03. The molecule has 14 heavy (non-hydrogen) atoms. The Bertz CT molecular complexity index is 256. The zero-order chi connectivity index (χ0) is 11.4. The Kier molecular flexibility index (Phi) is 2.44. The molecule has 0 saturated heterocycles. The molecule has 1 atom stereocenters. The number of allylic oxidation sites excluding steroid dienone is 2. The van der Waals surface area contributed by atoms with E-state index in [1.165, 1.54) is 0 Å². The Morgan fingerprint density at radius 1 is 0.857 bits per heavy atom. The summed E-state index contributed by atoms with van der Waals surface area (Å²) in [6, 6.07) is 0. The molecular formula is C6H2BrClF6. The number of alkyl halides is 8. The minimum absolute atomic E-state index is 0.103.